The number of methoxy groups -OCH3 is 1. The predicted octanol–water partition coefficient (Wildman–Crippen LogP) is 7.87. The molecule has 3 aromatic rings. The summed E-state index contributed by atoms with van der Waals surface area (Å²) in [5.41, 5.74) is 4.72. The zero-order valence-corrected chi connectivity index (χ0v) is 28.8. The Morgan fingerprint density at radius 1 is 0.939 bits per heavy atom. The molecule has 1 aliphatic heterocycles. The summed E-state index contributed by atoms with van der Waals surface area (Å²) in [5, 5.41) is 47.6. The maximum Gasteiger partial charge on any atom is 0.200 e. The van der Waals surface area contributed by atoms with Crippen molar-refractivity contribution in [3.05, 3.63) is 82.7 Å². The number of aliphatic hydroxyl groups is 1. The normalized spacial score (nSPS) is 29.1. The number of allylic oxidation sites excluding steroid dienone is 2. The lowest BCUT2D eigenvalue weighted by molar-refractivity contribution is -0.154. The molecule has 7 atom stereocenters. The zero-order valence-electron chi connectivity index (χ0n) is 28.8. The smallest absolute Gasteiger partial charge is 0.200 e. The number of hydrogen-bond donors (Lipinski definition) is 6. The molecule has 7 rings (SSSR count). The van der Waals surface area contributed by atoms with Crippen LogP contribution in [0.15, 0.2) is 54.9 Å². The van der Waals surface area contributed by atoms with Gasteiger partial charge in [0.05, 0.1) is 25.4 Å². The lowest BCUT2D eigenvalue weighted by atomic mass is 9.71. The van der Waals surface area contributed by atoms with Crippen LogP contribution < -0.4 is 10.1 Å². The van der Waals surface area contributed by atoms with Gasteiger partial charge in [-0.1, -0.05) is 43.5 Å². The topological polar surface area (TPSA) is 127 Å². The number of aromatic hydroxyl groups is 3. The van der Waals surface area contributed by atoms with E-state index in [0.29, 0.717) is 30.6 Å². The summed E-state index contributed by atoms with van der Waals surface area (Å²) in [6, 6.07) is 10.4. The number of ether oxygens (including phenoxy) is 2. The predicted molar refractivity (Wildman–Crippen MR) is 190 cm³/mol. The maximum absolute atomic E-state index is 11.4. The Labute approximate surface area is 290 Å². The van der Waals surface area contributed by atoms with Gasteiger partial charge < -0.3 is 40.2 Å². The summed E-state index contributed by atoms with van der Waals surface area (Å²) in [5.74, 6) is 1.15. The number of nitrogens with one attached hydrogen (secondary N) is 2. The Morgan fingerprint density at radius 2 is 1.80 bits per heavy atom. The third-order valence-electron chi connectivity index (χ3n) is 12.0. The molecule has 1 saturated heterocycles. The monoisotopic (exact) mass is 670 g/mol. The van der Waals surface area contributed by atoms with E-state index in [2.05, 4.69) is 34.6 Å². The summed E-state index contributed by atoms with van der Waals surface area (Å²) in [6.45, 7) is 1.07. The number of rotatable bonds is 10. The average molecular weight is 671 g/mol. The lowest BCUT2D eigenvalue weighted by Gasteiger charge is -2.45. The number of aromatic nitrogens is 1. The third kappa shape index (κ3) is 7.52. The number of phenolic OH excluding ortho intramolecular Hbond substituents is 3. The summed E-state index contributed by atoms with van der Waals surface area (Å²) >= 11 is 0. The highest BCUT2D eigenvalue weighted by molar-refractivity contribution is 5.59. The molecule has 3 fully saturated rings. The van der Waals surface area contributed by atoms with Gasteiger partial charge >= 0.3 is 0 Å². The Hall–Kier alpha value is -3.46. The second-order valence-electron chi connectivity index (χ2n) is 15.1. The molecule has 0 radical (unpaired) electrons. The second-order valence-corrected chi connectivity index (χ2v) is 15.1. The van der Waals surface area contributed by atoms with E-state index in [1.54, 1.807) is 6.07 Å². The van der Waals surface area contributed by atoms with Crippen LogP contribution in [0.5, 0.6) is 23.0 Å². The van der Waals surface area contributed by atoms with Gasteiger partial charge in [0.25, 0.3) is 0 Å². The number of aliphatic hydroxyl groups excluding tert-OH is 1. The van der Waals surface area contributed by atoms with E-state index in [0.717, 1.165) is 60.9 Å². The fourth-order valence-electron chi connectivity index (χ4n) is 9.33. The summed E-state index contributed by atoms with van der Waals surface area (Å²) in [7, 11) is 1.49. The number of phenols is 3. The first-order chi connectivity index (χ1) is 23.9. The molecule has 0 spiro atoms. The van der Waals surface area contributed by atoms with Crippen LogP contribution in [0.25, 0.3) is 0 Å². The Kier molecular flexibility index (Phi) is 10.5. The van der Waals surface area contributed by atoms with Crippen LogP contribution in [0.3, 0.4) is 0 Å². The van der Waals surface area contributed by atoms with E-state index in [-0.39, 0.29) is 41.1 Å². The number of H-pyrrole nitrogens is 1. The summed E-state index contributed by atoms with van der Waals surface area (Å²) < 4.78 is 12.4. The lowest BCUT2D eigenvalue weighted by Crippen LogP contribution is -2.44. The fraction of sp³-hybridized carbons (Fsp3) is 0.561. The van der Waals surface area contributed by atoms with Gasteiger partial charge in [-0.2, -0.15) is 0 Å². The molecule has 8 heteroatoms. The number of hydrogen-bond acceptors (Lipinski definition) is 7. The first-order valence-corrected chi connectivity index (χ1v) is 18.7. The molecule has 2 saturated carbocycles. The van der Waals surface area contributed by atoms with Crippen LogP contribution in [0.4, 0.5) is 0 Å². The summed E-state index contributed by atoms with van der Waals surface area (Å²) in [4.78, 5) is 3.08. The average Bonchev–Trinajstić information content (AvgIpc) is 3.64. The minimum absolute atomic E-state index is 0.0362. The van der Waals surface area contributed by atoms with Crippen LogP contribution in [-0.2, 0) is 11.2 Å². The molecule has 49 heavy (non-hydrogen) atoms. The minimum Gasteiger partial charge on any atom is -0.508 e. The first kappa shape index (κ1) is 34.0. The van der Waals surface area contributed by atoms with Crippen molar-refractivity contribution in [1.29, 1.82) is 0 Å². The van der Waals surface area contributed by atoms with Crippen molar-refractivity contribution in [1.82, 2.24) is 10.3 Å². The van der Waals surface area contributed by atoms with Crippen LogP contribution >= 0.6 is 0 Å². The highest BCUT2D eigenvalue weighted by atomic mass is 16.5. The maximum atomic E-state index is 11.4. The molecule has 0 bridgehead atoms. The molecule has 0 unspecified atom stereocenters. The van der Waals surface area contributed by atoms with Crippen molar-refractivity contribution in [3.63, 3.8) is 0 Å². The Morgan fingerprint density at radius 3 is 2.59 bits per heavy atom. The molecule has 2 aromatic carbocycles. The first-order valence-electron chi connectivity index (χ1n) is 18.7. The van der Waals surface area contributed by atoms with Crippen molar-refractivity contribution < 1.29 is 29.9 Å². The van der Waals surface area contributed by atoms with Crippen molar-refractivity contribution in [2.24, 2.45) is 11.8 Å². The van der Waals surface area contributed by atoms with E-state index in [4.69, 9.17) is 9.47 Å². The van der Waals surface area contributed by atoms with Gasteiger partial charge in [0.2, 0.25) is 5.75 Å². The van der Waals surface area contributed by atoms with E-state index < -0.39 is 12.2 Å². The summed E-state index contributed by atoms with van der Waals surface area (Å²) in [6.07, 6.45) is 20.7. The van der Waals surface area contributed by atoms with Gasteiger partial charge in [0, 0.05) is 54.2 Å². The fourth-order valence-corrected chi connectivity index (χ4v) is 9.33. The number of fused-ring (bicyclic) bond motifs is 1. The SMILES string of the molecule is COc1c(O)c(O)cc([C@@H]2C[C@H](O)[C@@H]3CC[C@@H](c4ccc(O)c([C@H]5C=CC[C@@H](CCNC6CCCCC6)C5)c4)C[C@@H]3O2)c1Cc1cc[nH]c1. The highest BCUT2D eigenvalue weighted by Gasteiger charge is 2.43. The van der Waals surface area contributed by atoms with Crippen molar-refractivity contribution in [2.45, 2.75) is 120 Å². The molecular weight excluding hydrogens is 616 g/mol. The quantitative estimate of drug-likeness (QED) is 0.0958. The van der Waals surface area contributed by atoms with Crippen molar-refractivity contribution in [3.8, 4) is 23.0 Å². The molecule has 2 heterocycles. The molecule has 264 valence electrons. The van der Waals surface area contributed by atoms with Crippen LogP contribution in [-0.4, -0.2) is 57.3 Å². The van der Waals surface area contributed by atoms with Gasteiger partial charge in [-0.15, -0.1) is 0 Å². The second kappa shape index (κ2) is 15.2. The van der Waals surface area contributed by atoms with E-state index >= 15 is 0 Å². The number of aromatic amines is 1. The van der Waals surface area contributed by atoms with Crippen LogP contribution in [0, 0.1) is 11.8 Å². The minimum atomic E-state index is -0.543. The Balaban J connectivity index is 1.05. The molecule has 3 aliphatic carbocycles. The van der Waals surface area contributed by atoms with Crippen LogP contribution in [0.1, 0.15) is 123 Å². The van der Waals surface area contributed by atoms with Crippen molar-refractivity contribution in [2.75, 3.05) is 13.7 Å². The van der Waals surface area contributed by atoms with Crippen molar-refractivity contribution >= 4 is 0 Å². The molecule has 0 amide bonds. The van der Waals surface area contributed by atoms with E-state index in [9.17, 15) is 20.4 Å². The molecule has 6 N–H and O–H groups in total. The van der Waals surface area contributed by atoms with Gasteiger partial charge in [0.1, 0.15) is 5.75 Å². The Bertz CT molecular complexity index is 1580. The van der Waals surface area contributed by atoms with Gasteiger partial charge in [-0.25, -0.2) is 0 Å². The molecule has 8 nitrogen and oxygen atoms in total. The third-order valence-corrected chi connectivity index (χ3v) is 12.0. The highest BCUT2D eigenvalue weighted by Crippen LogP contribution is 2.50. The zero-order chi connectivity index (χ0) is 33.9. The van der Waals surface area contributed by atoms with Gasteiger partial charge in [0.15, 0.2) is 11.5 Å². The van der Waals surface area contributed by atoms with E-state index in [1.807, 2.05) is 24.5 Å². The standard InChI is InChI=1S/C41H54N2O6/c1-48-41-34(19-26-14-16-42-24-26)33(22-37(46)40(41)47)39-23-36(45)31-12-10-28(21-38(31)49-39)27-11-13-35(44)32(20-27)29-7-5-6-25(18-29)15-17-43-30-8-3-2-4-9-30/h5,7,11,13-14,16,20,22,24-25,28-31,36,38-39,42-47H,2-4,6,8-10,12,15,17-19,21,23H2,1H3/t25-,28+,29-,31-,36-,38-,39-/m0/s1. The molecular formula is C41H54N2O6. The van der Waals surface area contributed by atoms with E-state index in [1.165, 1.54) is 51.2 Å². The number of benzene rings is 2. The van der Waals surface area contributed by atoms with Gasteiger partial charge in [-0.3, -0.25) is 0 Å². The molecule has 1 aromatic heterocycles. The molecule has 4 aliphatic rings. The van der Waals surface area contributed by atoms with Gasteiger partial charge in [-0.05, 0) is 105 Å². The van der Waals surface area contributed by atoms with Crippen LogP contribution in [0.2, 0.25) is 0 Å². The largest absolute Gasteiger partial charge is 0.508 e.